The van der Waals surface area contributed by atoms with Crippen molar-refractivity contribution < 1.29 is 8.42 Å². The maximum Gasteiger partial charge on any atom is 0.180 e. The fourth-order valence-electron chi connectivity index (χ4n) is 1.39. The monoisotopic (exact) mass is 227 g/mol. The van der Waals surface area contributed by atoms with Crippen LogP contribution in [0.15, 0.2) is 29.2 Å². The van der Waals surface area contributed by atoms with E-state index in [0.29, 0.717) is 11.3 Å². The van der Waals surface area contributed by atoms with E-state index in [2.05, 4.69) is 0 Å². The Morgan fingerprint density at radius 1 is 1.33 bits per heavy atom. The second kappa shape index (κ2) is 4.77. The van der Waals surface area contributed by atoms with Crippen molar-refractivity contribution in [2.24, 2.45) is 5.73 Å². The summed E-state index contributed by atoms with van der Waals surface area (Å²) in [4.78, 5) is 0.397. The first-order valence-electron chi connectivity index (χ1n) is 5.01. The summed E-state index contributed by atoms with van der Waals surface area (Å²) in [6, 6.07) is 6.71. The van der Waals surface area contributed by atoms with Gasteiger partial charge in [0.15, 0.2) is 9.84 Å². The standard InChI is InChI=1S/C11H17NO2S/c1-3-10(12)8-15(13,14)11-7-5-4-6-9(11)2/h4-7,10H,3,8,12H2,1-2H3. The highest BCUT2D eigenvalue weighted by Gasteiger charge is 2.19. The van der Waals surface area contributed by atoms with Gasteiger partial charge in [-0.05, 0) is 25.0 Å². The molecule has 1 rings (SSSR count). The number of rotatable bonds is 4. The predicted molar refractivity (Wildman–Crippen MR) is 61.5 cm³/mol. The lowest BCUT2D eigenvalue weighted by atomic mass is 10.2. The van der Waals surface area contributed by atoms with Crippen molar-refractivity contribution >= 4 is 9.84 Å². The van der Waals surface area contributed by atoms with Gasteiger partial charge in [0.2, 0.25) is 0 Å². The zero-order valence-corrected chi connectivity index (χ0v) is 9.92. The average Bonchev–Trinajstić information content (AvgIpc) is 2.17. The molecule has 0 spiro atoms. The minimum Gasteiger partial charge on any atom is -0.327 e. The van der Waals surface area contributed by atoms with Gasteiger partial charge in [0.05, 0.1) is 10.6 Å². The van der Waals surface area contributed by atoms with Gasteiger partial charge in [0.25, 0.3) is 0 Å². The van der Waals surface area contributed by atoms with Crippen LogP contribution in [0.3, 0.4) is 0 Å². The van der Waals surface area contributed by atoms with Gasteiger partial charge in [-0.15, -0.1) is 0 Å². The molecule has 0 aliphatic heterocycles. The maximum atomic E-state index is 11.9. The van der Waals surface area contributed by atoms with Crippen LogP contribution in [0.5, 0.6) is 0 Å². The van der Waals surface area contributed by atoms with Gasteiger partial charge >= 0.3 is 0 Å². The Hall–Kier alpha value is -0.870. The van der Waals surface area contributed by atoms with Crippen molar-refractivity contribution in [2.75, 3.05) is 5.75 Å². The predicted octanol–water partition coefficient (Wildman–Crippen LogP) is 1.51. The Kier molecular flexibility index (Phi) is 3.88. The van der Waals surface area contributed by atoms with E-state index in [1.54, 1.807) is 25.1 Å². The van der Waals surface area contributed by atoms with E-state index >= 15 is 0 Å². The Labute approximate surface area is 91.2 Å². The van der Waals surface area contributed by atoms with Gasteiger partial charge in [-0.1, -0.05) is 25.1 Å². The summed E-state index contributed by atoms with van der Waals surface area (Å²) in [6.07, 6.45) is 0.672. The second-order valence-electron chi connectivity index (χ2n) is 3.72. The van der Waals surface area contributed by atoms with Crippen LogP contribution < -0.4 is 5.73 Å². The molecule has 15 heavy (non-hydrogen) atoms. The Morgan fingerprint density at radius 3 is 2.47 bits per heavy atom. The van der Waals surface area contributed by atoms with E-state index in [1.807, 2.05) is 13.0 Å². The summed E-state index contributed by atoms with van der Waals surface area (Å²) in [7, 11) is -3.23. The van der Waals surface area contributed by atoms with E-state index < -0.39 is 9.84 Å². The van der Waals surface area contributed by atoms with Crippen molar-refractivity contribution in [3.8, 4) is 0 Å². The molecule has 4 heteroatoms. The Balaban J connectivity index is 3.02. The molecule has 0 saturated heterocycles. The minimum atomic E-state index is -3.23. The van der Waals surface area contributed by atoms with Crippen molar-refractivity contribution in [3.63, 3.8) is 0 Å². The first-order valence-corrected chi connectivity index (χ1v) is 6.66. The molecule has 1 atom stereocenters. The van der Waals surface area contributed by atoms with E-state index in [-0.39, 0.29) is 11.8 Å². The first kappa shape index (κ1) is 12.2. The SMILES string of the molecule is CCC(N)CS(=O)(=O)c1ccccc1C. The molecule has 0 heterocycles. The molecule has 84 valence electrons. The third-order valence-electron chi connectivity index (χ3n) is 2.39. The van der Waals surface area contributed by atoms with Crippen molar-refractivity contribution in [3.05, 3.63) is 29.8 Å². The van der Waals surface area contributed by atoms with Crippen LogP contribution >= 0.6 is 0 Å². The number of hydrogen-bond acceptors (Lipinski definition) is 3. The molecule has 0 fully saturated rings. The number of aryl methyl sites for hydroxylation is 1. The molecule has 2 N–H and O–H groups in total. The van der Waals surface area contributed by atoms with Gasteiger partial charge < -0.3 is 5.73 Å². The van der Waals surface area contributed by atoms with E-state index in [0.717, 1.165) is 5.56 Å². The van der Waals surface area contributed by atoms with Gasteiger partial charge in [-0.25, -0.2) is 8.42 Å². The molecule has 0 saturated carbocycles. The summed E-state index contributed by atoms with van der Waals surface area (Å²) >= 11 is 0. The smallest absolute Gasteiger partial charge is 0.180 e. The Morgan fingerprint density at radius 2 is 1.93 bits per heavy atom. The molecule has 0 aliphatic carbocycles. The fraction of sp³-hybridized carbons (Fsp3) is 0.455. The molecule has 0 amide bonds. The fourth-order valence-corrected chi connectivity index (χ4v) is 3.22. The first-order chi connectivity index (χ1) is 6.97. The maximum absolute atomic E-state index is 11.9. The second-order valence-corrected chi connectivity index (χ2v) is 5.72. The Bertz CT molecular complexity index is 426. The van der Waals surface area contributed by atoms with Crippen LogP contribution in [-0.2, 0) is 9.84 Å². The number of nitrogens with two attached hydrogens (primary N) is 1. The van der Waals surface area contributed by atoms with Crippen LogP contribution in [-0.4, -0.2) is 20.2 Å². The zero-order valence-electron chi connectivity index (χ0n) is 9.10. The molecule has 1 aromatic rings. The molecular formula is C11H17NO2S. The third kappa shape index (κ3) is 3.04. The van der Waals surface area contributed by atoms with E-state index in [9.17, 15) is 8.42 Å². The van der Waals surface area contributed by atoms with Crippen LogP contribution in [0.2, 0.25) is 0 Å². The summed E-state index contributed by atoms with van der Waals surface area (Å²) < 4.78 is 23.9. The van der Waals surface area contributed by atoms with E-state index in [1.165, 1.54) is 0 Å². The van der Waals surface area contributed by atoms with Crippen molar-refractivity contribution in [1.82, 2.24) is 0 Å². The van der Waals surface area contributed by atoms with Crippen LogP contribution in [0, 0.1) is 6.92 Å². The lowest BCUT2D eigenvalue weighted by molar-refractivity contribution is 0.583. The molecule has 0 aliphatic rings. The number of benzene rings is 1. The van der Waals surface area contributed by atoms with Crippen LogP contribution in [0.25, 0.3) is 0 Å². The summed E-state index contributed by atoms with van der Waals surface area (Å²) in [6.45, 7) is 3.68. The van der Waals surface area contributed by atoms with Crippen molar-refractivity contribution in [1.29, 1.82) is 0 Å². The minimum absolute atomic E-state index is 0.0222. The number of sulfone groups is 1. The molecule has 0 radical (unpaired) electrons. The van der Waals surface area contributed by atoms with Gasteiger partial charge in [-0.2, -0.15) is 0 Å². The van der Waals surface area contributed by atoms with Gasteiger partial charge in [-0.3, -0.25) is 0 Å². The van der Waals surface area contributed by atoms with Crippen LogP contribution in [0.4, 0.5) is 0 Å². The molecular weight excluding hydrogens is 210 g/mol. The summed E-state index contributed by atoms with van der Waals surface area (Å²) in [5.74, 6) is 0.0222. The average molecular weight is 227 g/mol. The van der Waals surface area contributed by atoms with Gasteiger partial charge in [0.1, 0.15) is 0 Å². The molecule has 0 aromatic heterocycles. The third-order valence-corrected chi connectivity index (χ3v) is 4.38. The summed E-state index contributed by atoms with van der Waals surface area (Å²) in [5.41, 5.74) is 6.45. The van der Waals surface area contributed by atoms with Crippen LogP contribution in [0.1, 0.15) is 18.9 Å². The lowest BCUT2D eigenvalue weighted by Crippen LogP contribution is -2.29. The molecule has 3 nitrogen and oxygen atoms in total. The largest absolute Gasteiger partial charge is 0.327 e. The normalized spacial score (nSPS) is 13.8. The highest BCUT2D eigenvalue weighted by molar-refractivity contribution is 7.91. The van der Waals surface area contributed by atoms with Crippen molar-refractivity contribution in [2.45, 2.75) is 31.2 Å². The highest BCUT2D eigenvalue weighted by Crippen LogP contribution is 2.16. The molecule has 1 unspecified atom stereocenters. The lowest BCUT2D eigenvalue weighted by Gasteiger charge is -2.11. The quantitative estimate of drug-likeness (QED) is 0.848. The molecule has 1 aromatic carbocycles. The van der Waals surface area contributed by atoms with E-state index in [4.69, 9.17) is 5.73 Å². The summed E-state index contributed by atoms with van der Waals surface area (Å²) in [5, 5.41) is 0. The zero-order chi connectivity index (χ0) is 11.5. The number of hydrogen-bond donors (Lipinski definition) is 1. The topological polar surface area (TPSA) is 60.2 Å². The van der Waals surface area contributed by atoms with Gasteiger partial charge in [0, 0.05) is 6.04 Å². The molecule has 0 bridgehead atoms. The highest BCUT2D eigenvalue weighted by atomic mass is 32.2.